The van der Waals surface area contributed by atoms with Crippen molar-refractivity contribution in [2.24, 2.45) is 11.8 Å². The van der Waals surface area contributed by atoms with Crippen molar-refractivity contribution in [1.29, 1.82) is 0 Å². The first-order valence-corrected chi connectivity index (χ1v) is 8.36. The van der Waals surface area contributed by atoms with Crippen molar-refractivity contribution in [1.82, 2.24) is 10.6 Å². The van der Waals surface area contributed by atoms with E-state index in [-0.39, 0.29) is 29.8 Å². The Morgan fingerprint density at radius 3 is 2.61 bits per heavy atom. The van der Waals surface area contributed by atoms with Crippen LogP contribution < -0.4 is 10.6 Å². The lowest BCUT2D eigenvalue weighted by atomic mass is 10.1. The Bertz CT molecular complexity index is 581. The zero-order chi connectivity index (χ0) is 16.2. The normalized spacial score (nSPS) is 25.9. The number of amides is 2. The molecule has 0 spiro atoms. The summed E-state index contributed by atoms with van der Waals surface area (Å²) in [5.74, 6) is -0.390. The molecule has 0 aromatic heterocycles. The molecule has 23 heavy (non-hydrogen) atoms. The first kappa shape index (κ1) is 16.0. The van der Waals surface area contributed by atoms with Gasteiger partial charge in [-0.15, -0.1) is 0 Å². The van der Waals surface area contributed by atoms with Gasteiger partial charge in [-0.2, -0.15) is 0 Å². The van der Waals surface area contributed by atoms with Crippen LogP contribution in [0.3, 0.4) is 0 Å². The highest BCUT2D eigenvalue weighted by atomic mass is 16.5. The van der Waals surface area contributed by atoms with Gasteiger partial charge in [-0.25, -0.2) is 0 Å². The number of aryl methyl sites for hydroxylation is 1. The number of hydrogen-bond donors (Lipinski definition) is 2. The summed E-state index contributed by atoms with van der Waals surface area (Å²) in [5, 5.41) is 5.85. The highest BCUT2D eigenvalue weighted by Crippen LogP contribution is 2.38. The molecule has 0 radical (unpaired) electrons. The lowest BCUT2D eigenvalue weighted by molar-refractivity contribution is -0.127. The van der Waals surface area contributed by atoms with Crippen molar-refractivity contribution >= 4 is 11.8 Å². The summed E-state index contributed by atoms with van der Waals surface area (Å²) < 4.78 is 5.48. The summed E-state index contributed by atoms with van der Waals surface area (Å²) in [6, 6.07) is 7.98. The largest absolute Gasteiger partial charge is 0.376 e. The van der Waals surface area contributed by atoms with Crippen LogP contribution in [-0.4, -0.2) is 31.1 Å². The Balaban J connectivity index is 1.40. The maximum absolute atomic E-state index is 12.1. The van der Waals surface area contributed by atoms with E-state index in [0.29, 0.717) is 19.5 Å². The fraction of sp³-hybridized carbons (Fsp3) is 0.556. The zero-order valence-corrected chi connectivity index (χ0v) is 13.5. The van der Waals surface area contributed by atoms with Gasteiger partial charge >= 0.3 is 0 Å². The van der Waals surface area contributed by atoms with Gasteiger partial charge in [0, 0.05) is 19.7 Å². The van der Waals surface area contributed by atoms with Crippen LogP contribution in [0.5, 0.6) is 0 Å². The molecule has 1 aromatic carbocycles. The van der Waals surface area contributed by atoms with E-state index in [1.165, 1.54) is 0 Å². The molecule has 3 atom stereocenters. The fourth-order valence-electron chi connectivity index (χ4n) is 3.05. The number of ether oxygens (including phenoxy) is 1. The lowest BCUT2D eigenvalue weighted by Crippen LogP contribution is -2.34. The van der Waals surface area contributed by atoms with E-state index in [9.17, 15) is 9.59 Å². The molecule has 3 rings (SSSR count). The van der Waals surface area contributed by atoms with Crippen LogP contribution in [0.25, 0.3) is 0 Å². The molecule has 2 fully saturated rings. The van der Waals surface area contributed by atoms with Crippen LogP contribution in [0.2, 0.25) is 0 Å². The molecule has 5 heteroatoms. The Morgan fingerprint density at radius 1 is 1.17 bits per heavy atom. The second kappa shape index (κ2) is 7.13. The molecule has 1 saturated heterocycles. The van der Waals surface area contributed by atoms with Gasteiger partial charge in [0.15, 0.2) is 0 Å². The monoisotopic (exact) mass is 316 g/mol. The van der Waals surface area contributed by atoms with E-state index in [0.717, 1.165) is 30.6 Å². The van der Waals surface area contributed by atoms with Crippen molar-refractivity contribution in [2.45, 2.75) is 38.8 Å². The molecular formula is C18H24N2O3. The Labute approximate surface area is 136 Å². The summed E-state index contributed by atoms with van der Waals surface area (Å²) in [7, 11) is 0. The number of benzene rings is 1. The molecule has 2 amide bonds. The standard InChI is InChI=1S/C18H24N2O3/c1-12-5-2-3-6-13(12)10-19-17(21)15-9-16(15)18(22)20-11-14-7-4-8-23-14/h2-3,5-6,14-16H,4,7-11H2,1H3,(H,19,21)(H,20,22). The zero-order valence-electron chi connectivity index (χ0n) is 13.5. The Hall–Kier alpha value is -1.88. The first-order valence-electron chi connectivity index (χ1n) is 8.36. The predicted octanol–water partition coefficient (Wildman–Crippen LogP) is 1.54. The second-order valence-corrected chi connectivity index (χ2v) is 6.47. The van der Waals surface area contributed by atoms with Crippen LogP contribution in [0, 0.1) is 18.8 Å². The highest BCUT2D eigenvalue weighted by Gasteiger charge is 2.47. The van der Waals surface area contributed by atoms with Crippen LogP contribution >= 0.6 is 0 Å². The van der Waals surface area contributed by atoms with Gasteiger partial charge in [-0.1, -0.05) is 24.3 Å². The van der Waals surface area contributed by atoms with Crippen molar-refractivity contribution in [3.8, 4) is 0 Å². The quantitative estimate of drug-likeness (QED) is 0.836. The second-order valence-electron chi connectivity index (χ2n) is 6.47. The Morgan fingerprint density at radius 2 is 1.91 bits per heavy atom. The van der Waals surface area contributed by atoms with E-state index >= 15 is 0 Å². The third-order valence-corrected chi connectivity index (χ3v) is 4.71. The van der Waals surface area contributed by atoms with E-state index in [4.69, 9.17) is 4.74 Å². The van der Waals surface area contributed by atoms with Crippen molar-refractivity contribution < 1.29 is 14.3 Å². The molecular weight excluding hydrogens is 292 g/mol. The minimum absolute atomic E-state index is 0.0171. The maximum atomic E-state index is 12.1. The molecule has 1 aliphatic carbocycles. The number of carbonyl (C=O) groups is 2. The van der Waals surface area contributed by atoms with E-state index in [2.05, 4.69) is 10.6 Å². The molecule has 3 unspecified atom stereocenters. The molecule has 1 heterocycles. The van der Waals surface area contributed by atoms with Crippen LogP contribution in [-0.2, 0) is 20.9 Å². The molecule has 1 aliphatic heterocycles. The molecule has 124 valence electrons. The number of hydrogen-bond acceptors (Lipinski definition) is 3. The van der Waals surface area contributed by atoms with Crippen LogP contribution in [0.15, 0.2) is 24.3 Å². The fourth-order valence-corrected chi connectivity index (χ4v) is 3.05. The SMILES string of the molecule is Cc1ccccc1CNC(=O)C1CC1C(=O)NCC1CCCO1. The van der Waals surface area contributed by atoms with Crippen LogP contribution in [0.1, 0.15) is 30.4 Å². The minimum atomic E-state index is -0.177. The van der Waals surface area contributed by atoms with Gasteiger partial charge in [0.1, 0.15) is 0 Å². The maximum Gasteiger partial charge on any atom is 0.224 e. The first-order chi connectivity index (χ1) is 11.1. The molecule has 2 aliphatic rings. The molecule has 1 aromatic rings. The van der Waals surface area contributed by atoms with Crippen LogP contribution in [0.4, 0.5) is 0 Å². The Kier molecular flexibility index (Phi) is 4.96. The topological polar surface area (TPSA) is 67.4 Å². The summed E-state index contributed by atoms with van der Waals surface area (Å²) in [4.78, 5) is 24.2. The van der Waals surface area contributed by atoms with Gasteiger partial charge < -0.3 is 15.4 Å². The molecule has 2 N–H and O–H groups in total. The predicted molar refractivity (Wildman–Crippen MR) is 86.6 cm³/mol. The van der Waals surface area contributed by atoms with Gasteiger partial charge in [0.25, 0.3) is 0 Å². The van der Waals surface area contributed by atoms with E-state index in [1.807, 2.05) is 31.2 Å². The van der Waals surface area contributed by atoms with Crippen molar-refractivity contribution in [3.05, 3.63) is 35.4 Å². The third kappa shape index (κ3) is 4.10. The van der Waals surface area contributed by atoms with Crippen molar-refractivity contribution in [3.63, 3.8) is 0 Å². The summed E-state index contributed by atoms with van der Waals surface area (Å²) in [6.07, 6.45) is 2.86. The highest BCUT2D eigenvalue weighted by molar-refractivity contribution is 5.92. The van der Waals surface area contributed by atoms with E-state index < -0.39 is 0 Å². The molecule has 1 saturated carbocycles. The van der Waals surface area contributed by atoms with Gasteiger partial charge in [0.05, 0.1) is 17.9 Å². The number of carbonyl (C=O) groups excluding carboxylic acids is 2. The summed E-state index contributed by atoms with van der Waals surface area (Å²) in [6.45, 7) is 3.90. The number of rotatable bonds is 6. The van der Waals surface area contributed by atoms with Gasteiger partial charge in [-0.3, -0.25) is 9.59 Å². The van der Waals surface area contributed by atoms with E-state index in [1.54, 1.807) is 0 Å². The molecule has 0 bridgehead atoms. The van der Waals surface area contributed by atoms with Gasteiger partial charge in [-0.05, 0) is 37.3 Å². The van der Waals surface area contributed by atoms with Gasteiger partial charge in [0.2, 0.25) is 11.8 Å². The smallest absolute Gasteiger partial charge is 0.224 e. The third-order valence-electron chi connectivity index (χ3n) is 4.71. The van der Waals surface area contributed by atoms with Crippen molar-refractivity contribution in [2.75, 3.05) is 13.2 Å². The molecule has 5 nitrogen and oxygen atoms in total. The average molecular weight is 316 g/mol. The lowest BCUT2D eigenvalue weighted by Gasteiger charge is -2.11. The summed E-state index contributed by atoms with van der Waals surface area (Å²) in [5.41, 5.74) is 2.27. The number of nitrogens with one attached hydrogen (secondary N) is 2. The average Bonchev–Trinajstić information content (AvgIpc) is 3.19. The summed E-state index contributed by atoms with van der Waals surface area (Å²) >= 11 is 0. The minimum Gasteiger partial charge on any atom is -0.376 e.